The molecule has 15 heavy (non-hydrogen) atoms. The topological polar surface area (TPSA) is 38.7 Å². The van der Waals surface area contributed by atoms with E-state index in [0.29, 0.717) is 5.92 Å². The monoisotopic (exact) mass is 216 g/mol. The van der Waals surface area contributed by atoms with E-state index in [2.05, 4.69) is 13.0 Å². The largest absolute Gasteiger partial charge is 0.392 e. The number of hydrogen-bond acceptors (Lipinski definition) is 3. The van der Waals surface area contributed by atoms with Gasteiger partial charge < -0.3 is 14.6 Å². The van der Waals surface area contributed by atoms with Gasteiger partial charge in [0, 0.05) is 20.6 Å². The van der Waals surface area contributed by atoms with Crippen LogP contribution in [0.5, 0.6) is 0 Å². The van der Waals surface area contributed by atoms with Crippen LogP contribution in [-0.2, 0) is 9.47 Å². The average molecular weight is 216 g/mol. The van der Waals surface area contributed by atoms with Gasteiger partial charge in [-0.25, -0.2) is 0 Å². The molecule has 0 heterocycles. The van der Waals surface area contributed by atoms with Crippen LogP contribution in [0.1, 0.15) is 33.1 Å². The lowest BCUT2D eigenvalue weighted by Gasteiger charge is -2.17. The first kappa shape index (κ1) is 14.6. The fraction of sp³-hybridized carbons (Fsp3) is 0.833. The standard InChI is InChI=1S/C12H24O3/c1-10(8-12(14-3)15-4)6-5-7-11(2)9-13/h7,10,12-13H,5-6,8-9H2,1-4H3/b11-7-. The Hall–Kier alpha value is -0.380. The third-order valence-corrected chi connectivity index (χ3v) is 2.52. The quantitative estimate of drug-likeness (QED) is 0.500. The van der Waals surface area contributed by atoms with Crippen molar-refractivity contribution in [1.29, 1.82) is 0 Å². The summed E-state index contributed by atoms with van der Waals surface area (Å²) in [5.74, 6) is 0.567. The Bertz CT molecular complexity index is 174. The molecule has 0 aromatic heterocycles. The molecule has 0 rings (SSSR count). The van der Waals surface area contributed by atoms with Crippen molar-refractivity contribution < 1.29 is 14.6 Å². The van der Waals surface area contributed by atoms with Gasteiger partial charge >= 0.3 is 0 Å². The van der Waals surface area contributed by atoms with Crippen LogP contribution < -0.4 is 0 Å². The number of hydrogen-bond donors (Lipinski definition) is 1. The van der Waals surface area contributed by atoms with E-state index in [4.69, 9.17) is 14.6 Å². The Labute approximate surface area is 93.1 Å². The third-order valence-electron chi connectivity index (χ3n) is 2.52. The van der Waals surface area contributed by atoms with Crippen molar-refractivity contribution in [2.45, 2.75) is 39.4 Å². The van der Waals surface area contributed by atoms with Gasteiger partial charge in [0.05, 0.1) is 6.61 Å². The molecule has 0 aromatic carbocycles. The molecule has 0 aliphatic heterocycles. The van der Waals surface area contributed by atoms with Crippen LogP contribution in [0.4, 0.5) is 0 Å². The molecule has 1 unspecified atom stereocenters. The Balaban J connectivity index is 3.69. The molecular weight excluding hydrogens is 192 g/mol. The molecule has 0 spiro atoms. The van der Waals surface area contributed by atoms with Crippen LogP contribution in [0.2, 0.25) is 0 Å². The zero-order valence-electron chi connectivity index (χ0n) is 10.3. The summed E-state index contributed by atoms with van der Waals surface area (Å²) in [5, 5.41) is 8.81. The molecule has 3 nitrogen and oxygen atoms in total. The second-order valence-corrected chi connectivity index (χ2v) is 4.03. The fourth-order valence-corrected chi connectivity index (χ4v) is 1.41. The van der Waals surface area contributed by atoms with Crippen molar-refractivity contribution in [3.8, 4) is 0 Å². The summed E-state index contributed by atoms with van der Waals surface area (Å²) in [6, 6.07) is 0. The van der Waals surface area contributed by atoms with Crippen LogP contribution in [0.15, 0.2) is 11.6 Å². The molecule has 0 aliphatic carbocycles. The minimum absolute atomic E-state index is 0.0945. The van der Waals surface area contributed by atoms with Crippen LogP contribution in [0.25, 0.3) is 0 Å². The van der Waals surface area contributed by atoms with Crippen molar-refractivity contribution in [3.05, 3.63) is 11.6 Å². The summed E-state index contributed by atoms with van der Waals surface area (Å²) in [4.78, 5) is 0. The molecule has 0 radical (unpaired) electrons. The SMILES string of the molecule is COC(CC(C)CC/C=C(/C)CO)OC. The minimum atomic E-state index is -0.0945. The summed E-state index contributed by atoms with van der Waals surface area (Å²) >= 11 is 0. The number of aliphatic hydroxyl groups is 1. The van der Waals surface area contributed by atoms with Gasteiger partial charge in [-0.3, -0.25) is 0 Å². The molecule has 0 amide bonds. The van der Waals surface area contributed by atoms with Crippen molar-refractivity contribution in [2.24, 2.45) is 5.92 Å². The highest BCUT2D eigenvalue weighted by Crippen LogP contribution is 2.15. The number of ether oxygens (including phenoxy) is 2. The number of rotatable bonds is 8. The van der Waals surface area contributed by atoms with E-state index in [0.717, 1.165) is 24.8 Å². The second kappa shape index (κ2) is 8.89. The van der Waals surface area contributed by atoms with Crippen LogP contribution in [-0.4, -0.2) is 32.2 Å². The van der Waals surface area contributed by atoms with E-state index in [9.17, 15) is 0 Å². The smallest absolute Gasteiger partial charge is 0.157 e. The summed E-state index contributed by atoms with van der Waals surface area (Å²) in [5.41, 5.74) is 1.04. The van der Waals surface area contributed by atoms with E-state index in [1.807, 2.05) is 6.92 Å². The molecular formula is C12H24O3. The summed E-state index contributed by atoms with van der Waals surface area (Å²) in [7, 11) is 3.33. The number of allylic oxidation sites excluding steroid dienone is 1. The van der Waals surface area contributed by atoms with E-state index in [1.165, 1.54) is 0 Å². The molecule has 0 bridgehead atoms. The molecule has 1 N–H and O–H groups in total. The highest BCUT2D eigenvalue weighted by Gasteiger charge is 2.10. The predicted molar refractivity (Wildman–Crippen MR) is 61.7 cm³/mol. The first-order valence-corrected chi connectivity index (χ1v) is 5.46. The lowest BCUT2D eigenvalue weighted by Crippen LogP contribution is -2.16. The molecule has 90 valence electrons. The maximum absolute atomic E-state index is 8.81. The zero-order valence-corrected chi connectivity index (χ0v) is 10.3. The number of methoxy groups -OCH3 is 2. The Kier molecular flexibility index (Phi) is 8.67. The maximum atomic E-state index is 8.81. The summed E-state index contributed by atoms with van der Waals surface area (Å²) < 4.78 is 10.3. The molecule has 1 atom stereocenters. The van der Waals surface area contributed by atoms with Gasteiger partial charge in [-0.15, -0.1) is 0 Å². The van der Waals surface area contributed by atoms with E-state index in [1.54, 1.807) is 14.2 Å². The third kappa shape index (κ3) is 7.54. The van der Waals surface area contributed by atoms with Crippen molar-refractivity contribution in [1.82, 2.24) is 0 Å². The van der Waals surface area contributed by atoms with Gasteiger partial charge in [-0.05, 0) is 25.7 Å². The molecule has 0 aliphatic rings. The summed E-state index contributed by atoms with van der Waals surface area (Å²) in [6.07, 6.45) is 5.01. The van der Waals surface area contributed by atoms with Crippen molar-refractivity contribution in [2.75, 3.05) is 20.8 Å². The first-order chi connectivity index (χ1) is 7.13. The zero-order chi connectivity index (χ0) is 11.7. The highest BCUT2D eigenvalue weighted by atomic mass is 16.7. The van der Waals surface area contributed by atoms with E-state index >= 15 is 0 Å². The van der Waals surface area contributed by atoms with E-state index in [-0.39, 0.29) is 12.9 Å². The van der Waals surface area contributed by atoms with Crippen molar-refractivity contribution >= 4 is 0 Å². The number of aliphatic hydroxyl groups excluding tert-OH is 1. The second-order valence-electron chi connectivity index (χ2n) is 4.03. The van der Waals surface area contributed by atoms with Gasteiger partial charge in [0.1, 0.15) is 0 Å². The molecule has 0 aromatic rings. The van der Waals surface area contributed by atoms with Crippen molar-refractivity contribution in [3.63, 3.8) is 0 Å². The lowest BCUT2D eigenvalue weighted by atomic mass is 10.0. The molecule has 0 saturated carbocycles. The van der Waals surface area contributed by atoms with Gasteiger partial charge in [-0.1, -0.05) is 18.6 Å². The molecule has 3 heteroatoms. The van der Waals surface area contributed by atoms with Crippen LogP contribution in [0.3, 0.4) is 0 Å². The van der Waals surface area contributed by atoms with Crippen LogP contribution in [0, 0.1) is 5.92 Å². The molecule has 0 fully saturated rings. The average Bonchev–Trinajstić information content (AvgIpc) is 2.25. The van der Waals surface area contributed by atoms with E-state index < -0.39 is 0 Å². The Morgan fingerprint density at radius 1 is 1.33 bits per heavy atom. The normalized spacial score (nSPS) is 14.7. The predicted octanol–water partition coefficient (Wildman–Crippen LogP) is 2.35. The fourth-order valence-electron chi connectivity index (χ4n) is 1.41. The Morgan fingerprint density at radius 2 is 1.93 bits per heavy atom. The molecule has 0 saturated heterocycles. The van der Waals surface area contributed by atoms with Gasteiger partial charge in [0.2, 0.25) is 0 Å². The Morgan fingerprint density at radius 3 is 2.40 bits per heavy atom. The lowest BCUT2D eigenvalue weighted by molar-refractivity contribution is -0.113. The summed E-state index contributed by atoms with van der Waals surface area (Å²) in [6.45, 7) is 4.29. The highest BCUT2D eigenvalue weighted by molar-refractivity contribution is 4.97. The van der Waals surface area contributed by atoms with Gasteiger partial charge in [0.15, 0.2) is 6.29 Å². The maximum Gasteiger partial charge on any atom is 0.157 e. The first-order valence-electron chi connectivity index (χ1n) is 5.46. The van der Waals surface area contributed by atoms with Gasteiger partial charge in [0.25, 0.3) is 0 Å². The van der Waals surface area contributed by atoms with Crippen LogP contribution >= 0.6 is 0 Å². The minimum Gasteiger partial charge on any atom is -0.392 e. The van der Waals surface area contributed by atoms with Gasteiger partial charge in [-0.2, -0.15) is 0 Å².